The Morgan fingerprint density at radius 3 is 2.33 bits per heavy atom. The van der Waals surface area contributed by atoms with Crippen LogP contribution in [0.5, 0.6) is 0 Å². The Morgan fingerprint density at radius 1 is 0.944 bits per heavy atom. The number of allylic oxidation sites excluding steroid dienone is 1. The highest BCUT2D eigenvalue weighted by Crippen LogP contribution is 2.77. The van der Waals surface area contributed by atoms with Crippen LogP contribution in [0.1, 0.15) is 106 Å². The van der Waals surface area contributed by atoms with Crippen molar-refractivity contribution >= 4 is 18.0 Å². The van der Waals surface area contributed by atoms with E-state index in [9.17, 15) is 14.4 Å². The Labute approximate surface area is 218 Å². The van der Waals surface area contributed by atoms with Gasteiger partial charge in [0.2, 0.25) is 0 Å². The Bertz CT molecular complexity index is 981. The molecule has 4 unspecified atom stereocenters. The number of hydrogen-bond donors (Lipinski definition) is 0. The number of carbonyl (C=O) groups is 3. The molecule has 0 spiro atoms. The summed E-state index contributed by atoms with van der Waals surface area (Å²) in [6, 6.07) is 0. The summed E-state index contributed by atoms with van der Waals surface area (Å²) >= 11 is 0. The highest BCUT2D eigenvalue weighted by atomic mass is 16.5. The van der Waals surface area contributed by atoms with Gasteiger partial charge in [0.05, 0.1) is 6.61 Å². The summed E-state index contributed by atoms with van der Waals surface area (Å²) in [6.45, 7) is 18.3. The maximum atomic E-state index is 13.0. The quantitative estimate of drug-likeness (QED) is 0.240. The summed E-state index contributed by atoms with van der Waals surface area (Å²) in [5, 5.41) is 0. The Balaban J connectivity index is 1.54. The van der Waals surface area contributed by atoms with Gasteiger partial charge in [0.15, 0.2) is 0 Å². The Morgan fingerprint density at radius 2 is 1.67 bits per heavy atom. The molecule has 200 valence electrons. The molecule has 5 aliphatic carbocycles. The third-order valence-electron chi connectivity index (χ3n) is 13.5. The van der Waals surface area contributed by atoms with Gasteiger partial charge in [0.1, 0.15) is 12.1 Å². The van der Waals surface area contributed by atoms with Crippen LogP contribution in [0.2, 0.25) is 0 Å². The predicted molar refractivity (Wildman–Crippen MR) is 141 cm³/mol. The molecule has 0 aromatic heterocycles. The minimum Gasteiger partial charge on any atom is -0.465 e. The molecule has 5 saturated carbocycles. The van der Waals surface area contributed by atoms with E-state index in [1.165, 1.54) is 26.2 Å². The van der Waals surface area contributed by atoms with E-state index >= 15 is 0 Å². The lowest BCUT2D eigenvalue weighted by atomic mass is 9.32. The molecule has 0 amide bonds. The number of rotatable bonds is 4. The van der Waals surface area contributed by atoms with Crippen molar-refractivity contribution < 1.29 is 19.1 Å². The zero-order valence-corrected chi connectivity index (χ0v) is 23.6. The normalized spacial score (nSPS) is 49.2. The number of ether oxygens (including phenoxy) is 1. The molecule has 5 rings (SSSR count). The monoisotopic (exact) mass is 496 g/mol. The number of ketones is 1. The number of aldehydes is 1. The van der Waals surface area contributed by atoms with E-state index in [1.54, 1.807) is 0 Å². The van der Waals surface area contributed by atoms with Gasteiger partial charge in [-0.05, 0) is 109 Å². The molecule has 0 bridgehead atoms. The fraction of sp³-hybridized carbons (Fsp3) is 0.844. The van der Waals surface area contributed by atoms with Gasteiger partial charge in [-0.1, -0.05) is 41.2 Å². The van der Waals surface area contributed by atoms with Crippen molar-refractivity contribution in [1.29, 1.82) is 0 Å². The smallest absolute Gasteiger partial charge is 0.302 e. The molecule has 4 nitrogen and oxygen atoms in total. The molecular formula is C32H48O4. The van der Waals surface area contributed by atoms with Gasteiger partial charge in [0.25, 0.3) is 0 Å². The molecule has 5 aliphatic rings. The van der Waals surface area contributed by atoms with Crippen molar-refractivity contribution in [1.82, 2.24) is 0 Å². The van der Waals surface area contributed by atoms with Crippen LogP contribution < -0.4 is 0 Å². The number of Topliss-reactive ketones (excluding diaryl/α,β-unsaturated/α-hetero) is 1. The van der Waals surface area contributed by atoms with Crippen molar-refractivity contribution in [3.05, 3.63) is 12.2 Å². The average molecular weight is 497 g/mol. The van der Waals surface area contributed by atoms with Crippen molar-refractivity contribution in [2.24, 2.45) is 56.7 Å². The van der Waals surface area contributed by atoms with E-state index in [0.29, 0.717) is 36.1 Å². The van der Waals surface area contributed by atoms with Crippen LogP contribution in [0.15, 0.2) is 12.2 Å². The van der Waals surface area contributed by atoms with E-state index in [0.717, 1.165) is 56.8 Å². The van der Waals surface area contributed by atoms with Gasteiger partial charge in [-0.15, -0.1) is 0 Å². The maximum Gasteiger partial charge on any atom is 0.302 e. The van der Waals surface area contributed by atoms with Crippen LogP contribution in [0.4, 0.5) is 0 Å². The van der Waals surface area contributed by atoms with E-state index in [1.807, 2.05) is 0 Å². The van der Waals surface area contributed by atoms with Crippen LogP contribution in [0.25, 0.3) is 0 Å². The fourth-order valence-electron chi connectivity index (χ4n) is 11.5. The number of esters is 1. The third kappa shape index (κ3) is 3.27. The van der Waals surface area contributed by atoms with Crippen LogP contribution in [0.3, 0.4) is 0 Å². The van der Waals surface area contributed by atoms with E-state index in [-0.39, 0.29) is 39.0 Å². The Kier molecular flexibility index (Phi) is 6.01. The average Bonchev–Trinajstić information content (AvgIpc) is 3.20. The first-order valence-electron chi connectivity index (χ1n) is 14.6. The molecule has 0 aromatic carbocycles. The summed E-state index contributed by atoms with van der Waals surface area (Å²) in [4.78, 5) is 36.8. The lowest BCUT2D eigenvalue weighted by molar-refractivity contribution is -0.237. The van der Waals surface area contributed by atoms with Gasteiger partial charge < -0.3 is 4.74 Å². The second-order valence-corrected chi connectivity index (χ2v) is 14.8. The molecule has 4 heteroatoms. The molecule has 0 radical (unpaired) electrons. The number of hydrogen-bond acceptors (Lipinski definition) is 4. The highest BCUT2D eigenvalue weighted by Gasteiger charge is 2.71. The zero-order chi connectivity index (χ0) is 26.3. The van der Waals surface area contributed by atoms with E-state index < -0.39 is 0 Å². The molecule has 0 aromatic rings. The maximum absolute atomic E-state index is 13.0. The second-order valence-electron chi connectivity index (χ2n) is 14.8. The molecule has 36 heavy (non-hydrogen) atoms. The first kappa shape index (κ1) is 26.2. The van der Waals surface area contributed by atoms with Crippen molar-refractivity contribution in [2.45, 2.75) is 106 Å². The second kappa shape index (κ2) is 8.27. The van der Waals surface area contributed by atoms with Gasteiger partial charge in [-0.2, -0.15) is 0 Å². The molecular weight excluding hydrogens is 448 g/mol. The summed E-state index contributed by atoms with van der Waals surface area (Å²) in [6.07, 6.45) is 11.7. The minimum absolute atomic E-state index is 0.0317. The summed E-state index contributed by atoms with van der Waals surface area (Å²) in [5.41, 5.74) is 1.06. The molecule has 9 atom stereocenters. The van der Waals surface area contributed by atoms with Crippen LogP contribution in [-0.2, 0) is 19.1 Å². The molecule has 0 N–H and O–H groups in total. The van der Waals surface area contributed by atoms with Gasteiger partial charge in [0, 0.05) is 24.2 Å². The first-order chi connectivity index (χ1) is 16.8. The van der Waals surface area contributed by atoms with Crippen LogP contribution >= 0.6 is 0 Å². The van der Waals surface area contributed by atoms with Gasteiger partial charge >= 0.3 is 5.97 Å². The first-order valence-corrected chi connectivity index (χ1v) is 14.6. The fourth-order valence-corrected chi connectivity index (χ4v) is 11.5. The van der Waals surface area contributed by atoms with Gasteiger partial charge in [-0.3, -0.25) is 14.4 Å². The van der Waals surface area contributed by atoms with Crippen molar-refractivity contribution in [3.8, 4) is 0 Å². The predicted octanol–water partition coefficient (Wildman–Crippen LogP) is 6.96. The largest absolute Gasteiger partial charge is 0.465 e. The number of fused-ring (bicyclic) bond motifs is 7. The summed E-state index contributed by atoms with van der Waals surface area (Å²) < 4.78 is 5.72. The summed E-state index contributed by atoms with van der Waals surface area (Å²) in [7, 11) is 0. The van der Waals surface area contributed by atoms with Gasteiger partial charge in [-0.25, -0.2) is 0 Å². The molecule has 5 fully saturated rings. The van der Waals surface area contributed by atoms with E-state index in [2.05, 4.69) is 41.2 Å². The third-order valence-corrected chi connectivity index (χ3v) is 13.5. The Hall–Kier alpha value is -1.45. The topological polar surface area (TPSA) is 60.4 Å². The number of carbonyl (C=O) groups excluding carboxylic acids is 3. The standard InChI is InChI=1S/C32H48O4/c1-20(18-33)22-10-15-32(19-36-21(2)34)17-16-30(6)23(27(22)32)8-9-25-29(5)13-12-26(35)28(3,4)24(29)11-14-31(25,30)7/h18,22-25,27H,1,8-17,19H2,2-7H3/t22-,23?,24?,25?,27?,29-,30+,31+,32+/m0/s1. The highest BCUT2D eigenvalue weighted by molar-refractivity contribution is 5.85. The SMILES string of the molecule is C=C(C=O)[C@@H]1CC[C@]2(COC(C)=O)CC[C@]3(C)C(CCC4[C@@]5(C)CCC(=O)C(C)(C)C5CC[C@]43C)C12. The summed E-state index contributed by atoms with van der Waals surface area (Å²) in [5.74, 6) is 2.39. The van der Waals surface area contributed by atoms with Crippen LogP contribution in [-0.4, -0.2) is 24.6 Å². The zero-order valence-electron chi connectivity index (χ0n) is 23.6. The van der Waals surface area contributed by atoms with Crippen molar-refractivity contribution in [2.75, 3.05) is 6.61 Å². The molecule has 0 heterocycles. The minimum atomic E-state index is -0.226. The lowest BCUT2D eigenvalue weighted by Gasteiger charge is -2.72. The van der Waals surface area contributed by atoms with Crippen LogP contribution in [0, 0.1) is 56.7 Å². The lowest BCUT2D eigenvalue weighted by Crippen LogP contribution is -2.66. The van der Waals surface area contributed by atoms with E-state index in [4.69, 9.17) is 4.74 Å². The molecule has 0 saturated heterocycles. The molecule has 0 aliphatic heterocycles. The van der Waals surface area contributed by atoms with Crippen molar-refractivity contribution in [3.63, 3.8) is 0 Å².